The molecule has 118 valence electrons. The van der Waals surface area contributed by atoms with Gasteiger partial charge in [0, 0.05) is 32.1 Å². The van der Waals surface area contributed by atoms with Gasteiger partial charge < -0.3 is 0 Å². The Hall–Kier alpha value is -0.760. The van der Waals surface area contributed by atoms with Crippen molar-refractivity contribution in [3.63, 3.8) is 0 Å². The lowest BCUT2D eigenvalue weighted by Gasteiger charge is -2.29. The number of Topliss-reactive ketones (excluding diaryl/α,β-unsaturated/α-hetero) is 1. The summed E-state index contributed by atoms with van der Waals surface area (Å²) >= 11 is 1.41. The number of hydrogen-bond acceptors (Lipinski definition) is 4. The van der Waals surface area contributed by atoms with Gasteiger partial charge in [-0.1, -0.05) is 19.9 Å². The highest BCUT2D eigenvalue weighted by molar-refractivity contribution is 7.86. The second kappa shape index (κ2) is 7.00. The first-order valence-corrected chi connectivity index (χ1v) is 9.62. The zero-order chi connectivity index (χ0) is 15.5. The standard InChI is InChI=1S/C14H22N2O3S2/c1-3-15(4-2)21(18,19)16-9-5-7-12(16)11-13(17)14-8-6-10-20-14/h6,8,10,12H,3-5,7,9,11H2,1-2H3/t12-/m1/s1. The summed E-state index contributed by atoms with van der Waals surface area (Å²) in [7, 11) is -3.45. The van der Waals surface area contributed by atoms with Crippen LogP contribution in [0, 0.1) is 0 Å². The molecule has 21 heavy (non-hydrogen) atoms. The maximum absolute atomic E-state index is 12.6. The first-order valence-electron chi connectivity index (χ1n) is 7.34. The van der Waals surface area contributed by atoms with Crippen LogP contribution >= 0.6 is 11.3 Å². The topological polar surface area (TPSA) is 57.7 Å². The van der Waals surface area contributed by atoms with Gasteiger partial charge in [-0.2, -0.15) is 17.0 Å². The van der Waals surface area contributed by atoms with Crippen LogP contribution in [0.1, 0.15) is 42.8 Å². The Kier molecular flexibility index (Phi) is 5.54. The van der Waals surface area contributed by atoms with Crippen molar-refractivity contribution in [2.24, 2.45) is 0 Å². The highest BCUT2D eigenvalue weighted by Crippen LogP contribution is 2.27. The molecule has 0 aromatic carbocycles. The molecule has 1 aliphatic rings. The molecular formula is C14H22N2O3S2. The fourth-order valence-electron chi connectivity index (χ4n) is 2.77. The van der Waals surface area contributed by atoms with Gasteiger partial charge >= 0.3 is 0 Å². The molecule has 0 aliphatic carbocycles. The van der Waals surface area contributed by atoms with Crippen molar-refractivity contribution in [2.75, 3.05) is 19.6 Å². The molecule has 1 aromatic rings. The van der Waals surface area contributed by atoms with Crippen LogP contribution in [0.15, 0.2) is 17.5 Å². The fourth-order valence-corrected chi connectivity index (χ4v) is 5.31. The minimum atomic E-state index is -3.45. The van der Waals surface area contributed by atoms with Crippen LogP contribution in [0.3, 0.4) is 0 Å². The van der Waals surface area contributed by atoms with Crippen LogP contribution in [0.2, 0.25) is 0 Å². The van der Waals surface area contributed by atoms with Gasteiger partial charge in [0.15, 0.2) is 5.78 Å². The van der Waals surface area contributed by atoms with Gasteiger partial charge in [-0.25, -0.2) is 0 Å². The highest BCUT2D eigenvalue weighted by Gasteiger charge is 2.38. The summed E-state index contributed by atoms with van der Waals surface area (Å²) in [5.41, 5.74) is 0. The van der Waals surface area contributed by atoms with Crippen molar-refractivity contribution in [3.8, 4) is 0 Å². The molecule has 0 spiro atoms. The SMILES string of the molecule is CCN(CC)S(=O)(=O)N1CCC[C@@H]1CC(=O)c1cccs1. The summed E-state index contributed by atoms with van der Waals surface area (Å²) in [6.45, 7) is 5.11. The third-order valence-corrected chi connectivity index (χ3v) is 7.02. The Morgan fingerprint density at radius 2 is 2.14 bits per heavy atom. The molecule has 1 atom stereocenters. The molecule has 1 saturated heterocycles. The van der Waals surface area contributed by atoms with Crippen LogP contribution in [0.4, 0.5) is 0 Å². The number of ketones is 1. The first-order chi connectivity index (χ1) is 10.0. The molecule has 1 aliphatic heterocycles. The molecule has 2 heterocycles. The lowest BCUT2D eigenvalue weighted by atomic mass is 10.1. The molecular weight excluding hydrogens is 308 g/mol. The summed E-state index contributed by atoms with van der Waals surface area (Å²) < 4.78 is 28.2. The van der Waals surface area contributed by atoms with Crippen molar-refractivity contribution in [2.45, 2.75) is 39.2 Å². The monoisotopic (exact) mass is 330 g/mol. The zero-order valence-corrected chi connectivity index (χ0v) is 14.1. The Morgan fingerprint density at radius 1 is 1.43 bits per heavy atom. The van der Waals surface area contributed by atoms with E-state index in [1.54, 1.807) is 6.07 Å². The third-order valence-electron chi connectivity index (χ3n) is 3.87. The summed E-state index contributed by atoms with van der Waals surface area (Å²) in [5, 5.41) is 1.87. The van der Waals surface area contributed by atoms with Crippen LogP contribution < -0.4 is 0 Å². The molecule has 2 rings (SSSR count). The molecule has 1 aromatic heterocycles. The molecule has 1 fully saturated rings. The Balaban J connectivity index is 2.12. The normalized spacial score (nSPS) is 20.2. The predicted octanol–water partition coefficient (Wildman–Crippen LogP) is 2.37. The molecule has 0 radical (unpaired) electrons. The maximum atomic E-state index is 12.6. The minimum absolute atomic E-state index is 0.0386. The largest absolute Gasteiger partial charge is 0.293 e. The number of hydrogen-bond donors (Lipinski definition) is 0. The van der Waals surface area contributed by atoms with Crippen molar-refractivity contribution in [1.82, 2.24) is 8.61 Å². The van der Waals surface area contributed by atoms with E-state index in [0.29, 0.717) is 24.5 Å². The lowest BCUT2D eigenvalue weighted by Crippen LogP contribution is -2.46. The average Bonchev–Trinajstić information content (AvgIpc) is 3.10. The van der Waals surface area contributed by atoms with Gasteiger partial charge in [-0.05, 0) is 24.3 Å². The van der Waals surface area contributed by atoms with Gasteiger partial charge in [-0.15, -0.1) is 11.3 Å². The summed E-state index contributed by atoms with van der Waals surface area (Å²) in [6.07, 6.45) is 1.86. The van der Waals surface area contributed by atoms with Gasteiger partial charge in [0.2, 0.25) is 0 Å². The smallest absolute Gasteiger partial charge is 0.282 e. The molecule has 0 unspecified atom stereocenters. The highest BCUT2D eigenvalue weighted by atomic mass is 32.2. The van der Waals surface area contributed by atoms with E-state index in [4.69, 9.17) is 0 Å². The quantitative estimate of drug-likeness (QED) is 0.721. The van der Waals surface area contributed by atoms with E-state index in [0.717, 1.165) is 12.8 Å². The number of carbonyl (C=O) groups is 1. The van der Waals surface area contributed by atoms with E-state index in [2.05, 4.69) is 0 Å². The first kappa shape index (κ1) is 16.6. The van der Waals surface area contributed by atoms with Gasteiger partial charge in [0.25, 0.3) is 10.2 Å². The van der Waals surface area contributed by atoms with Crippen molar-refractivity contribution >= 4 is 27.3 Å². The number of thiophene rings is 1. The summed E-state index contributed by atoms with van der Waals surface area (Å²) in [5.74, 6) is 0.0386. The molecule has 0 bridgehead atoms. The molecule has 0 amide bonds. The van der Waals surface area contributed by atoms with E-state index in [9.17, 15) is 13.2 Å². The summed E-state index contributed by atoms with van der Waals surface area (Å²) in [6, 6.07) is 3.44. The molecule has 0 N–H and O–H groups in total. The maximum Gasteiger partial charge on any atom is 0.282 e. The van der Waals surface area contributed by atoms with Gasteiger partial charge in [0.1, 0.15) is 0 Å². The zero-order valence-electron chi connectivity index (χ0n) is 12.5. The van der Waals surface area contributed by atoms with E-state index >= 15 is 0 Å². The van der Waals surface area contributed by atoms with E-state index in [1.807, 2.05) is 25.3 Å². The minimum Gasteiger partial charge on any atom is -0.293 e. The number of carbonyl (C=O) groups excluding carboxylic acids is 1. The summed E-state index contributed by atoms with van der Waals surface area (Å²) in [4.78, 5) is 12.9. The van der Waals surface area contributed by atoms with Gasteiger partial charge in [0.05, 0.1) is 4.88 Å². The second-order valence-corrected chi connectivity index (χ2v) is 7.93. The molecule has 7 heteroatoms. The Bertz CT molecular complexity index is 565. The van der Waals surface area contributed by atoms with Crippen LogP contribution in [-0.4, -0.2) is 48.5 Å². The van der Waals surface area contributed by atoms with Gasteiger partial charge in [-0.3, -0.25) is 4.79 Å². The van der Waals surface area contributed by atoms with E-state index in [-0.39, 0.29) is 18.2 Å². The Morgan fingerprint density at radius 3 is 2.71 bits per heavy atom. The van der Waals surface area contributed by atoms with Crippen molar-refractivity contribution < 1.29 is 13.2 Å². The second-order valence-electron chi connectivity index (χ2n) is 5.10. The van der Waals surface area contributed by atoms with Crippen molar-refractivity contribution in [3.05, 3.63) is 22.4 Å². The number of nitrogens with zero attached hydrogens (tertiary/aromatic N) is 2. The predicted molar refractivity (Wildman–Crippen MR) is 84.8 cm³/mol. The average molecular weight is 330 g/mol. The van der Waals surface area contributed by atoms with E-state index in [1.165, 1.54) is 19.9 Å². The van der Waals surface area contributed by atoms with Crippen LogP contribution in [0.25, 0.3) is 0 Å². The van der Waals surface area contributed by atoms with Crippen LogP contribution in [-0.2, 0) is 10.2 Å². The lowest BCUT2D eigenvalue weighted by molar-refractivity contribution is 0.0964. The number of rotatable bonds is 7. The van der Waals surface area contributed by atoms with Crippen LogP contribution in [0.5, 0.6) is 0 Å². The van der Waals surface area contributed by atoms with E-state index < -0.39 is 10.2 Å². The Labute approximate surface area is 130 Å². The van der Waals surface area contributed by atoms with Crippen molar-refractivity contribution in [1.29, 1.82) is 0 Å². The molecule has 0 saturated carbocycles. The third kappa shape index (κ3) is 3.53. The molecule has 5 nitrogen and oxygen atoms in total. The fraction of sp³-hybridized carbons (Fsp3) is 0.643.